The number of amides is 1. The van der Waals surface area contributed by atoms with E-state index < -0.39 is 23.5 Å². The van der Waals surface area contributed by atoms with Crippen LogP contribution in [0.5, 0.6) is 0 Å². The van der Waals surface area contributed by atoms with Crippen LogP contribution in [0.2, 0.25) is 0 Å². The van der Waals surface area contributed by atoms with Gasteiger partial charge in [0.2, 0.25) is 5.91 Å². The molecule has 0 atom stereocenters. The molecule has 1 fully saturated rings. The minimum atomic E-state index is -4.63. The number of anilines is 2. The quantitative estimate of drug-likeness (QED) is 0.507. The van der Waals surface area contributed by atoms with E-state index in [0.717, 1.165) is 36.5 Å². The molecule has 1 saturated heterocycles. The molecule has 184 valence electrons. The highest BCUT2D eigenvalue weighted by Crippen LogP contribution is 2.36. The Kier molecular flexibility index (Phi) is 7.06. The van der Waals surface area contributed by atoms with Crippen molar-refractivity contribution in [1.82, 2.24) is 19.7 Å². The van der Waals surface area contributed by atoms with Crippen LogP contribution in [0.15, 0.2) is 30.5 Å². The molecule has 2 N–H and O–H groups in total. The number of piperazine rings is 1. The van der Waals surface area contributed by atoms with E-state index in [0.29, 0.717) is 32.6 Å². The molecule has 1 amide bonds. The number of alkyl halides is 3. The Morgan fingerprint density at radius 1 is 1.09 bits per heavy atom. The number of likely N-dealkylation sites (N-methyl/N-ethyl adjacent to an activating group) is 1. The lowest BCUT2D eigenvalue weighted by molar-refractivity contribution is -0.138. The summed E-state index contributed by atoms with van der Waals surface area (Å²) in [5.41, 5.74) is 6.30. The second-order valence-corrected chi connectivity index (χ2v) is 8.94. The van der Waals surface area contributed by atoms with Gasteiger partial charge >= 0.3 is 6.18 Å². The van der Waals surface area contributed by atoms with E-state index in [1.165, 1.54) is 6.07 Å². The smallest absolute Gasteiger partial charge is 0.369 e. The molecule has 3 heterocycles. The molecule has 1 aromatic heterocycles. The fourth-order valence-corrected chi connectivity index (χ4v) is 4.43. The van der Waals surface area contributed by atoms with Crippen molar-refractivity contribution in [1.29, 1.82) is 0 Å². The lowest BCUT2D eigenvalue weighted by Gasteiger charge is -2.32. The number of carbonyl (C=O) groups is 1. The highest BCUT2D eigenvalue weighted by molar-refractivity contribution is 5.76. The largest absolute Gasteiger partial charge is 0.416 e. The van der Waals surface area contributed by atoms with Gasteiger partial charge in [0, 0.05) is 52.0 Å². The van der Waals surface area contributed by atoms with E-state index in [-0.39, 0.29) is 29.5 Å². The number of hydrogen-bond acceptors (Lipinski definition) is 6. The van der Waals surface area contributed by atoms with E-state index in [1.54, 1.807) is 12.1 Å². The highest BCUT2D eigenvalue weighted by atomic mass is 19.4. The molecular weight excluding hydrogens is 452 g/mol. The summed E-state index contributed by atoms with van der Waals surface area (Å²) in [7, 11) is 1.97. The lowest BCUT2D eigenvalue weighted by Crippen LogP contribution is -2.44. The summed E-state index contributed by atoms with van der Waals surface area (Å²) in [5, 5.41) is 0.169. The first-order chi connectivity index (χ1) is 16.1. The van der Waals surface area contributed by atoms with Gasteiger partial charge in [-0.3, -0.25) is 14.6 Å². The van der Waals surface area contributed by atoms with Crippen molar-refractivity contribution in [2.75, 3.05) is 51.4 Å². The zero-order chi connectivity index (χ0) is 24.5. The summed E-state index contributed by atoms with van der Waals surface area (Å²) >= 11 is 0. The third-order valence-corrected chi connectivity index (χ3v) is 6.36. The van der Waals surface area contributed by atoms with Crippen LogP contribution < -0.4 is 10.9 Å². The maximum absolute atomic E-state index is 15.2. The molecule has 0 radical (unpaired) electrons. The Morgan fingerprint density at radius 3 is 2.50 bits per heavy atom. The number of aromatic nitrogens is 1. The van der Waals surface area contributed by atoms with E-state index in [9.17, 15) is 18.0 Å². The van der Waals surface area contributed by atoms with Crippen molar-refractivity contribution in [3.8, 4) is 0 Å². The predicted molar refractivity (Wildman–Crippen MR) is 120 cm³/mol. The zero-order valence-corrected chi connectivity index (χ0v) is 19.0. The standard InChI is InChI=1S/C23H28F4N6O/c1-30-6-8-31(9-7-30)14-18-12-29-22(11-20(18)23(24,25)26)33(27)19-3-2-16-4-5-32(15-21(28)34)13-17(16)10-19/h2-3,10-12H,4-9,13-15H2,1H3,(H2,28,34). The lowest BCUT2D eigenvalue weighted by atomic mass is 9.99. The summed E-state index contributed by atoms with van der Waals surface area (Å²) in [6.45, 7) is 4.14. The summed E-state index contributed by atoms with van der Waals surface area (Å²) in [6, 6.07) is 5.63. The normalized spacial score (nSPS) is 18.0. The van der Waals surface area contributed by atoms with Gasteiger partial charge in [0.15, 0.2) is 5.82 Å². The second-order valence-electron chi connectivity index (χ2n) is 8.94. The number of fused-ring (bicyclic) bond motifs is 1. The average Bonchev–Trinajstić information content (AvgIpc) is 2.79. The molecule has 11 heteroatoms. The average molecular weight is 481 g/mol. The van der Waals surface area contributed by atoms with Gasteiger partial charge in [0.25, 0.3) is 0 Å². The molecule has 0 unspecified atom stereocenters. The highest BCUT2D eigenvalue weighted by Gasteiger charge is 2.35. The minimum Gasteiger partial charge on any atom is -0.369 e. The maximum Gasteiger partial charge on any atom is 0.416 e. The molecule has 0 bridgehead atoms. The molecule has 0 spiro atoms. The van der Waals surface area contributed by atoms with Gasteiger partial charge in [-0.25, -0.2) is 4.98 Å². The summed E-state index contributed by atoms with van der Waals surface area (Å²) in [4.78, 5) is 21.2. The number of primary amides is 1. The Hall–Kier alpha value is -2.76. The third-order valence-electron chi connectivity index (χ3n) is 6.36. The van der Waals surface area contributed by atoms with Crippen LogP contribution >= 0.6 is 0 Å². The van der Waals surface area contributed by atoms with E-state index in [1.807, 2.05) is 16.8 Å². The molecule has 0 aliphatic carbocycles. The monoisotopic (exact) mass is 480 g/mol. The Bertz CT molecular complexity index is 1040. The Morgan fingerprint density at radius 2 is 1.82 bits per heavy atom. The number of nitrogens with zero attached hydrogens (tertiary/aromatic N) is 5. The fourth-order valence-electron chi connectivity index (χ4n) is 4.43. The van der Waals surface area contributed by atoms with Crippen LogP contribution in [0.25, 0.3) is 0 Å². The second kappa shape index (κ2) is 9.85. The minimum absolute atomic E-state index is 0.0294. The predicted octanol–water partition coefficient (Wildman–Crippen LogP) is 2.71. The molecule has 2 aliphatic heterocycles. The van der Waals surface area contributed by atoms with Crippen molar-refractivity contribution in [3.05, 3.63) is 52.7 Å². The number of nitrogens with two attached hydrogens (primary N) is 1. The molecule has 34 heavy (non-hydrogen) atoms. The van der Waals surface area contributed by atoms with E-state index in [4.69, 9.17) is 5.73 Å². The van der Waals surface area contributed by atoms with Crippen molar-refractivity contribution in [2.45, 2.75) is 25.7 Å². The molecular formula is C23H28F4N6O. The Balaban J connectivity index is 1.56. The van der Waals surface area contributed by atoms with Gasteiger partial charge in [0.1, 0.15) is 0 Å². The Labute approximate surface area is 195 Å². The molecule has 4 rings (SSSR count). The summed E-state index contributed by atoms with van der Waals surface area (Å²) < 4.78 is 56.8. The van der Waals surface area contributed by atoms with Crippen molar-refractivity contribution in [2.24, 2.45) is 5.73 Å². The van der Waals surface area contributed by atoms with E-state index >= 15 is 4.48 Å². The van der Waals surface area contributed by atoms with E-state index in [2.05, 4.69) is 9.88 Å². The van der Waals surface area contributed by atoms with Crippen molar-refractivity contribution >= 4 is 17.4 Å². The molecule has 1 aromatic carbocycles. The molecule has 2 aromatic rings. The first kappa shape index (κ1) is 24.4. The van der Waals surface area contributed by atoms with Crippen LogP contribution in [-0.4, -0.2) is 71.9 Å². The van der Waals surface area contributed by atoms with Crippen LogP contribution in [0.1, 0.15) is 22.3 Å². The third kappa shape index (κ3) is 5.65. The number of carbonyl (C=O) groups excluding carboxylic acids is 1. The van der Waals surface area contributed by atoms with Crippen LogP contribution in [0.3, 0.4) is 0 Å². The number of hydrogen-bond donors (Lipinski definition) is 1. The number of rotatable bonds is 6. The molecule has 0 saturated carbocycles. The van der Waals surface area contributed by atoms with Gasteiger partial charge < -0.3 is 10.6 Å². The summed E-state index contributed by atoms with van der Waals surface area (Å²) in [6.07, 6.45) is -2.84. The summed E-state index contributed by atoms with van der Waals surface area (Å²) in [5.74, 6) is -0.883. The van der Waals surface area contributed by atoms with Gasteiger partial charge in [-0.2, -0.15) is 18.3 Å². The first-order valence-corrected chi connectivity index (χ1v) is 11.2. The van der Waals surface area contributed by atoms with Gasteiger partial charge in [-0.05, 0) is 48.4 Å². The fraction of sp³-hybridized carbons (Fsp3) is 0.478. The first-order valence-electron chi connectivity index (χ1n) is 11.2. The van der Waals surface area contributed by atoms with Crippen molar-refractivity contribution in [3.63, 3.8) is 0 Å². The molecule has 7 nitrogen and oxygen atoms in total. The van der Waals surface area contributed by atoms with Crippen LogP contribution in [0.4, 0.5) is 29.2 Å². The maximum atomic E-state index is 15.2. The van der Waals surface area contributed by atoms with Crippen LogP contribution in [0, 0.1) is 0 Å². The van der Waals surface area contributed by atoms with Gasteiger partial charge in [-0.15, -0.1) is 0 Å². The number of pyridine rings is 1. The van der Waals surface area contributed by atoms with Gasteiger partial charge in [0.05, 0.1) is 17.8 Å². The SMILES string of the molecule is CN1CCN(Cc2cnc(N(F)c3ccc4c(c3)CN(CC(N)=O)CC4)cc2C(F)(F)F)CC1. The van der Waals surface area contributed by atoms with Crippen LogP contribution in [-0.2, 0) is 30.5 Å². The number of benzene rings is 1. The van der Waals surface area contributed by atoms with Crippen molar-refractivity contribution < 1.29 is 22.4 Å². The topological polar surface area (TPSA) is 68.9 Å². The zero-order valence-electron chi connectivity index (χ0n) is 19.0. The molecule has 2 aliphatic rings. The number of halogens is 4. The van der Waals surface area contributed by atoms with Gasteiger partial charge in [-0.1, -0.05) is 10.5 Å².